The number of hydrogen-bond acceptors (Lipinski definition) is 8. The monoisotopic (exact) mass is 570 g/mol. The average molecular weight is 571 g/mol. The highest BCUT2D eigenvalue weighted by atomic mass is 16.5. The molecule has 5 aliphatic carbocycles. The first-order chi connectivity index (χ1) is 20.0. The number of phenolic OH excluding ortho intramolecular Hbond substituents is 1. The number of aliphatic hydroxyl groups is 1. The van der Waals surface area contributed by atoms with Crippen LogP contribution in [0.5, 0.6) is 5.75 Å². The van der Waals surface area contributed by atoms with E-state index in [0.29, 0.717) is 53.0 Å². The number of phenols is 1. The average Bonchev–Trinajstić information content (AvgIpc) is 3.67. The number of nitrogens with two attached hydrogens (primary N) is 1. The molecule has 3 fully saturated rings. The van der Waals surface area contributed by atoms with Crippen molar-refractivity contribution in [3.63, 3.8) is 0 Å². The van der Waals surface area contributed by atoms with Crippen LogP contribution in [-0.2, 0) is 22.5 Å². The molecule has 0 unspecified atom stereocenters. The van der Waals surface area contributed by atoms with Crippen molar-refractivity contribution in [3.05, 3.63) is 62.5 Å². The smallest absolute Gasteiger partial charge is 0.253 e. The first kappa shape index (κ1) is 26.1. The van der Waals surface area contributed by atoms with Gasteiger partial charge in [0, 0.05) is 49.0 Å². The number of rotatable bonds is 5. The van der Waals surface area contributed by atoms with Gasteiger partial charge in [-0.3, -0.25) is 19.4 Å². The summed E-state index contributed by atoms with van der Waals surface area (Å²) in [6.07, 6.45) is 6.28. The highest BCUT2D eigenvalue weighted by Crippen LogP contribution is 2.72. The number of carbonyl (C=O) groups is 2. The number of Topliss-reactive ketones (excluding diaryl/α,β-unsaturated/α-hetero) is 1. The second kappa shape index (κ2) is 8.31. The van der Waals surface area contributed by atoms with Gasteiger partial charge in [-0.2, -0.15) is 0 Å². The van der Waals surface area contributed by atoms with Gasteiger partial charge in [-0.15, -0.1) is 0 Å². The number of likely N-dealkylation sites (N-methyl/N-ethyl adjacent to an activating group) is 1. The number of allylic oxidation sites excluding steroid dienone is 1. The van der Waals surface area contributed by atoms with E-state index in [2.05, 4.69) is 16.7 Å². The normalized spacial score (nSPS) is 31.6. The Balaban J connectivity index is 1.23. The SMILES string of the molecule is CN(C)c1cc(CN2CCC3(CC2)CC3)c(O)c2c1C[C@H]1C[C@H]3[C@H](N(C)C)C(O)=C(C(N)=O)C4=C=C5OC(=C1C2=O)[C@]543. The van der Waals surface area contributed by atoms with Gasteiger partial charge in [0.25, 0.3) is 5.91 Å². The lowest BCUT2D eigenvalue weighted by molar-refractivity contribution is -0.115. The van der Waals surface area contributed by atoms with E-state index in [0.717, 1.165) is 29.9 Å². The maximum atomic E-state index is 14.5. The lowest BCUT2D eigenvalue weighted by Crippen LogP contribution is -2.63. The number of ether oxygens (including phenoxy) is 1. The number of nitrogens with zero attached hydrogens (tertiary/aromatic N) is 3. The van der Waals surface area contributed by atoms with E-state index >= 15 is 0 Å². The van der Waals surface area contributed by atoms with Gasteiger partial charge in [0.15, 0.2) is 11.5 Å². The predicted octanol–water partition coefficient (Wildman–Crippen LogP) is 3.14. The minimum atomic E-state index is -0.783. The van der Waals surface area contributed by atoms with E-state index in [9.17, 15) is 19.8 Å². The molecule has 1 aromatic rings. The van der Waals surface area contributed by atoms with E-state index < -0.39 is 17.4 Å². The van der Waals surface area contributed by atoms with Gasteiger partial charge < -0.3 is 25.6 Å². The topological polar surface area (TPSA) is 120 Å². The molecular formula is C33H38N4O5. The number of benzene rings is 1. The van der Waals surface area contributed by atoms with Gasteiger partial charge in [-0.1, -0.05) is 5.73 Å². The summed E-state index contributed by atoms with van der Waals surface area (Å²) in [6.45, 7) is 2.63. The maximum Gasteiger partial charge on any atom is 0.253 e. The molecule has 8 rings (SSSR count). The van der Waals surface area contributed by atoms with E-state index in [1.807, 2.05) is 38.0 Å². The molecule has 2 aliphatic heterocycles. The predicted molar refractivity (Wildman–Crippen MR) is 156 cm³/mol. The van der Waals surface area contributed by atoms with Crippen LogP contribution >= 0.6 is 0 Å². The molecule has 42 heavy (non-hydrogen) atoms. The van der Waals surface area contributed by atoms with Gasteiger partial charge in [0.1, 0.15) is 22.7 Å². The Labute approximate surface area is 245 Å². The van der Waals surface area contributed by atoms with Crippen molar-refractivity contribution in [1.82, 2.24) is 9.80 Å². The van der Waals surface area contributed by atoms with Crippen molar-refractivity contribution >= 4 is 17.4 Å². The molecule has 2 heterocycles. The van der Waals surface area contributed by atoms with Crippen LogP contribution < -0.4 is 10.6 Å². The van der Waals surface area contributed by atoms with Crippen molar-refractivity contribution in [2.24, 2.45) is 28.4 Å². The van der Waals surface area contributed by atoms with Gasteiger partial charge in [0.2, 0.25) is 0 Å². The lowest BCUT2D eigenvalue weighted by atomic mass is 9.46. The van der Waals surface area contributed by atoms with Crippen LogP contribution in [0.1, 0.15) is 53.6 Å². The lowest BCUT2D eigenvalue weighted by Gasteiger charge is -2.62. The fourth-order valence-electron chi connectivity index (χ4n) is 9.02. The van der Waals surface area contributed by atoms with Crippen molar-refractivity contribution < 1.29 is 24.5 Å². The highest BCUT2D eigenvalue weighted by molar-refractivity contribution is 6.15. The summed E-state index contributed by atoms with van der Waals surface area (Å²) in [6, 6.07) is 1.60. The Morgan fingerprint density at radius 3 is 2.48 bits per heavy atom. The zero-order valence-electron chi connectivity index (χ0n) is 24.7. The second-order valence-corrected chi connectivity index (χ2v) is 14.0. The fraction of sp³-hybridized carbons (Fsp3) is 0.545. The number of aliphatic hydroxyl groups excluding tert-OH is 1. The van der Waals surface area contributed by atoms with Crippen LogP contribution in [0.4, 0.5) is 5.69 Å². The number of fused-ring (bicyclic) bond motifs is 2. The summed E-state index contributed by atoms with van der Waals surface area (Å²) in [5.74, 6) is -0.0206. The third-order valence-corrected chi connectivity index (χ3v) is 11.4. The third kappa shape index (κ3) is 3.11. The van der Waals surface area contributed by atoms with E-state index in [4.69, 9.17) is 10.5 Å². The van der Waals surface area contributed by atoms with E-state index in [1.54, 1.807) is 0 Å². The van der Waals surface area contributed by atoms with Crippen LogP contribution in [0, 0.1) is 22.7 Å². The summed E-state index contributed by atoms with van der Waals surface area (Å²) >= 11 is 0. The van der Waals surface area contributed by atoms with Crippen LogP contribution in [0.25, 0.3) is 0 Å². The number of likely N-dealkylation sites (tertiary alicyclic amines) is 1. The zero-order chi connectivity index (χ0) is 29.5. The first-order valence-electron chi connectivity index (χ1n) is 15.1. The van der Waals surface area contributed by atoms with Gasteiger partial charge in [0.05, 0.1) is 17.2 Å². The second-order valence-electron chi connectivity index (χ2n) is 14.0. The quantitative estimate of drug-likeness (QED) is 0.462. The van der Waals surface area contributed by atoms with E-state index in [1.165, 1.54) is 25.7 Å². The molecule has 0 bridgehead atoms. The van der Waals surface area contributed by atoms with Crippen molar-refractivity contribution in [2.75, 3.05) is 46.2 Å². The first-order valence-corrected chi connectivity index (χ1v) is 15.1. The fourth-order valence-corrected chi connectivity index (χ4v) is 9.02. The molecule has 0 aromatic heterocycles. The Kier molecular flexibility index (Phi) is 5.17. The summed E-state index contributed by atoms with van der Waals surface area (Å²) < 4.78 is 6.18. The van der Waals surface area contributed by atoms with Crippen LogP contribution in [-0.4, -0.2) is 79.0 Å². The third-order valence-electron chi connectivity index (χ3n) is 11.4. The Hall–Kier alpha value is -3.52. The Morgan fingerprint density at radius 2 is 1.88 bits per heavy atom. The van der Waals surface area contributed by atoms with Gasteiger partial charge >= 0.3 is 0 Å². The molecule has 1 aromatic carbocycles. The molecule has 1 amide bonds. The number of hydrogen-bond donors (Lipinski definition) is 3. The van der Waals surface area contributed by atoms with Gasteiger partial charge in [-0.05, 0) is 88.7 Å². The molecule has 220 valence electrons. The molecule has 4 N–H and O–H groups in total. The van der Waals surface area contributed by atoms with Crippen LogP contribution in [0.15, 0.2) is 45.8 Å². The molecular weight excluding hydrogens is 532 g/mol. The molecule has 9 nitrogen and oxygen atoms in total. The Bertz CT molecular complexity index is 1630. The minimum Gasteiger partial charge on any atom is -0.510 e. The standard InChI is InChI=1S/C33H38N4O5/c1-35(2)21-13-17(15-37-9-7-32(5-6-32)8-10-37)27(38)24-18(21)11-16-12-20-26(36(3)4)29(40)25(31(34)41)19-14-22-33(19,20)30(42-22)23(16)28(24)39/h13,16,20,26,38,40H,5-12,15H2,1-4H3,(H2,34,41)/t16-,20-,26-,33+/m0/s1. The summed E-state index contributed by atoms with van der Waals surface area (Å²) in [5, 5.41) is 23.0. The van der Waals surface area contributed by atoms with Crippen molar-refractivity contribution in [2.45, 2.75) is 51.1 Å². The number of piperidine rings is 1. The van der Waals surface area contributed by atoms with Crippen molar-refractivity contribution in [3.8, 4) is 5.75 Å². The summed E-state index contributed by atoms with van der Waals surface area (Å²) in [7, 11) is 7.72. The van der Waals surface area contributed by atoms with E-state index in [-0.39, 0.29) is 34.7 Å². The highest BCUT2D eigenvalue weighted by Gasteiger charge is 2.72. The number of aromatic hydroxyl groups is 1. The molecule has 9 heteroatoms. The molecule has 2 spiro atoms. The van der Waals surface area contributed by atoms with Crippen LogP contribution in [0.2, 0.25) is 0 Å². The number of anilines is 1. The number of amides is 1. The summed E-state index contributed by atoms with van der Waals surface area (Å²) in [4.78, 5) is 33.4. The molecule has 0 radical (unpaired) electrons. The molecule has 4 atom stereocenters. The number of primary amides is 1. The van der Waals surface area contributed by atoms with Gasteiger partial charge in [-0.25, -0.2) is 0 Å². The molecule has 7 aliphatic rings. The largest absolute Gasteiger partial charge is 0.510 e. The van der Waals surface area contributed by atoms with Crippen LogP contribution in [0.3, 0.4) is 0 Å². The minimum absolute atomic E-state index is 0.0384. The maximum absolute atomic E-state index is 14.5. The Morgan fingerprint density at radius 1 is 1.17 bits per heavy atom. The summed E-state index contributed by atoms with van der Waals surface area (Å²) in [5.41, 5.74) is 12.8. The van der Waals surface area contributed by atoms with Crippen molar-refractivity contribution in [1.29, 1.82) is 0 Å². The zero-order valence-corrected chi connectivity index (χ0v) is 24.7. The molecule has 2 saturated heterocycles. The number of carbonyl (C=O) groups excluding carboxylic acids is 2. The number of ketones is 1. The molecule has 1 saturated carbocycles.